The highest BCUT2D eigenvalue weighted by molar-refractivity contribution is 6.42. The molecule has 1 amide bonds. The van der Waals surface area contributed by atoms with Crippen LogP contribution in [0.25, 0.3) is 0 Å². The van der Waals surface area contributed by atoms with Gasteiger partial charge in [-0.3, -0.25) is 4.90 Å². The Kier molecular flexibility index (Phi) is 10.4. The summed E-state index contributed by atoms with van der Waals surface area (Å²) in [6, 6.07) is 16.4. The van der Waals surface area contributed by atoms with Gasteiger partial charge in [-0.2, -0.15) is 26.3 Å². The molecule has 13 heteroatoms. The number of benzene rings is 3. The second kappa shape index (κ2) is 13.4. The number of cyclic esters (lactones) is 1. The molecule has 0 aromatic heterocycles. The average Bonchev–Trinajstić information content (AvgIpc) is 3.28. The highest BCUT2D eigenvalue weighted by Crippen LogP contribution is 2.41. The van der Waals surface area contributed by atoms with E-state index >= 15 is 0 Å². The first-order valence-electron chi connectivity index (χ1n) is 13.7. The molecule has 0 saturated carbocycles. The van der Waals surface area contributed by atoms with E-state index in [1.165, 1.54) is 5.56 Å². The van der Waals surface area contributed by atoms with Crippen LogP contribution in [0.2, 0.25) is 10.0 Å². The van der Waals surface area contributed by atoms with Crippen molar-refractivity contribution in [2.24, 2.45) is 0 Å². The first-order valence-corrected chi connectivity index (χ1v) is 14.5. The molecule has 2 saturated heterocycles. The van der Waals surface area contributed by atoms with Crippen LogP contribution < -0.4 is 0 Å². The molecule has 2 aliphatic rings. The maximum Gasteiger partial charge on any atom is 0.416 e. The van der Waals surface area contributed by atoms with Crippen LogP contribution in [-0.4, -0.2) is 42.1 Å². The van der Waals surface area contributed by atoms with E-state index in [2.05, 4.69) is 17.0 Å². The van der Waals surface area contributed by atoms with Gasteiger partial charge in [-0.05, 0) is 78.9 Å². The molecule has 2 aliphatic heterocycles. The third-order valence-corrected chi connectivity index (χ3v) is 8.88. The van der Waals surface area contributed by atoms with E-state index in [0.29, 0.717) is 36.6 Å². The lowest BCUT2D eigenvalue weighted by atomic mass is 9.87. The fourth-order valence-electron chi connectivity index (χ4n) is 5.85. The number of halogens is 9. The summed E-state index contributed by atoms with van der Waals surface area (Å²) >= 11 is 12.4. The Labute approximate surface area is 267 Å². The minimum absolute atomic E-state index is 0. The van der Waals surface area contributed by atoms with Gasteiger partial charge in [0.25, 0.3) is 0 Å². The highest BCUT2D eigenvalue weighted by Gasteiger charge is 2.47. The van der Waals surface area contributed by atoms with Gasteiger partial charge in [0, 0.05) is 19.5 Å². The molecule has 0 aliphatic carbocycles. The van der Waals surface area contributed by atoms with Gasteiger partial charge in [0.15, 0.2) is 5.60 Å². The van der Waals surface area contributed by atoms with E-state index in [-0.39, 0.29) is 40.6 Å². The zero-order chi connectivity index (χ0) is 31.0. The van der Waals surface area contributed by atoms with Crippen molar-refractivity contribution in [1.82, 2.24) is 9.80 Å². The Balaban J connectivity index is 0.00000442. The Morgan fingerprint density at radius 3 is 2.02 bits per heavy atom. The lowest BCUT2D eigenvalue weighted by Gasteiger charge is -2.35. The van der Waals surface area contributed by atoms with Crippen molar-refractivity contribution in [3.05, 3.63) is 105 Å². The van der Waals surface area contributed by atoms with Gasteiger partial charge in [0.1, 0.15) is 0 Å². The lowest BCUT2D eigenvalue weighted by Crippen LogP contribution is -2.39. The summed E-state index contributed by atoms with van der Waals surface area (Å²) in [5, 5.41) is 0.512. The standard InChI is InChI=1S/C31H28Cl2F6N2O2.ClH/c32-26-7-6-23(17-27(26)33)29(10-13-40-11-8-22(9-12-40)21-4-2-1-3-5-21)19-41(28(42)43-29)18-20-14-24(30(34,35)36)16-25(15-20)31(37,38)39;/h1-7,14-17,22H,8-13,18-19H2;1H. The average molecular weight is 682 g/mol. The molecule has 3 aromatic carbocycles. The quantitative estimate of drug-likeness (QED) is 0.233. The molecular weight excluding hydrogens is 653 g/mol. The lowest BCUT2D eigenvalue weighted by molar-refractivity contribution is -0.143. The van der Waals surface area contributed by atoms with E-state index in [4.69, 9.17) is 27.9 Å². The summed E-state index contributed by atoms with van der Waals surface area (Å²) in [6.45, 7) is 1.59. The number of carbonyl (C=O) groups excluding carboxylic acids is 1. The number of ether oxygens (including phenoxy) is 1. The van der Waals surface area contributed by atoms with E-state index in [0.717, 1.165) is 30.8 Å². The van der Waals surface area contributed by atoms with Crippen LogP contribution in [-0.2, 0) is 29.2 Å². The molecule has 0 bridgehead atoms. The molecule has 3 aromatic rings. The highest BCUT2D eigenvalue weighted by atomic mass is 35.5. The molecule has 238 valence electrons. The number of nitrogens with zero attached hydrogens (tertiary/aromatic N) is 2. The largest absolute Gasteiger partial charge is 0.436 e. The van der Waals surface area contributed by atoms with Crippen molar-refractivity contribution in [3.8, 4) is 0 Å². The number of likely N-dealkylation sites (tertiary alicyclic amines) is 1. The van der Waals surface area contributed by atoms with Crippen LogP contribution in [0, 0.1) is 0 Å². The first-order chi connectivity index (χ1) is 20.2. The van der Waals surface area contributed by atoms with E-state index in [1.807, 2.05) is 18.2 Å². The molecule has 4 nitrogen and oxygen atoms in total. The molecule has 0 radical (unpaired) electrons. The van der Waals surface area contributed by atoms with Crippen molar-refractivity contribution >= 4 is 41.7 Å². The fourth-order valence-corrected chi connectivity index (χ4v) is 6.14. The summed E-state index contributed by atoms with van der Waals surface area (Å²) in [7, 11) is 0. The first kappa shape index (κ1) is 34.2. The predicted molar refractivity (Wildman–Crippen MR) is 158 cm³/mol. The van der Waals surface area contributed by atoms with Gasteiger partial charge in [-0.1, -0.05) is 59.6 Å². The van der Waals surface area contributed by atoms with Gasteiger partial charge < -0.3 is 9.64 Å². The monoisotopic (exact) mass is 680 g/mol. The summed E-state index contributed by atoms with van der Waals surface area (Å²) in [4.78, 5) is 16.5. The van der Waals surface area contributed by atoms with Crippen LogP contribution in [0.15, 0.2) is 66.7 Å². The van der Waals surface area contributed by atoms with Crippen molar-refractivity contribution in [1.29, 1.82) is 0 Å². The van der Waals surface area contributed by atoms with E-state index < -0.39 is 41.7 Å². The van der Waals surface area contributed by atoms with Gasteiger partial charge in [0.2, 0.25) is 0 Å². The zero-order valence-corrected chi connectivity index (χ0v) is 25.6. The third-order valence-electron chi connectivity index (χ3n) is 8.14. The SMILES string of the molecule is Cl.O=C1OC(CCN2CCC(c3ccccc3)CC2)(c2ccc(Cl)c(Cl)c2)CN1Cc1cc(C(F)(F)F)cc(C(F)(F)F)c1. The Morgan fingerprint density at radius 2 is 1.45 bits per heavy atom. The van der Waals surface area contributed by atoms with Crippen LogP contribution >= 0.6 is 35.6 Å². The molecule has 1 unspecified atom stereocenters. The predicted octanol–water partition coefficient (Wildman–Crippen LogP) is 9.57. The summed E-state index contributed by atoms with van der Waals surface area (Å²) in [5.41, 5.74) is -2.61. The van der Waals surface area contributed by atoms with Crippen molar-refractivity contribution < 1.29 is 35.9 Å². The zero-order valence-electron chi connectivity index (χ0n) is 23.2. The Morgan fingerprint density at radius 1 is 0.841 bits per heavy atom. The number of rotatable bonds is 7. The third kappa shape index (κ3) is 7.76. The maximum absolute atomic E-state index is 13.4. The van der Waals surface area contributed by atoms with Crippen LogP contribution in [0.3, 0.4) is 0 Å². The second-order valence-corrected chi connectivity index (χ2v) is 11.9. The second-order valence-electron chi connectivity index (χ2n) is 11.0. The molecule has 1 atom stereocenters. The van der Waals surface area contributed by atoms with Crippen LogP contribution in [0.1, 0.15) is 53.0 Å². The Hall–Kier alpha value is -2.66. The summed E-state index contributed by atoms with van der Waals surface area (Å²) < 4.78 is 86.5. The smallest absolute Gasteiger partial charge is 0.416 e. The number of carbonyl (C=O) groups is 1. The van der Waals surface area contributed by atoms with Crippen molar-refractivity contribution in [2.45, 2.75) is 49.7 Å². The number of alkyl halides is 6. The van der Waals surface area contributed by atoms with E-state index in [9.17, 15) is 31.1 Å². The van der Waals surface area contributed by atoms with Crippen LogP contribution in [0.5, 0.6) is 0 Å². The number of hydrogen-bond donors (Lipinski definition) is 0. The van der Waals surface area contributed by atoms with Gasteiger partial charge in [-0.25, -0.2) is 4.79 Å². The van der Waals surface area contributed by atoms with Gasteiger partial charge in [-0.15, -0.1) is 12.4 Å². The maximum atomic E-state index is 13.4. The molecule has 0 N–H and O–H groups in total. The molecular formula is C31H29Cl3F6N2O2. The van der Waals surface area contributed by atoms with Crippen molar-refractivity contribution in [2.75, 3.05) is 26.2 Å². The van der Waals surface area contributed by atoms with Crippen LogP contribution in [0.4, 0.5) is 31.1 Å². The minimum Gasteiger partial charge on any atom is -0.436 e. The number of amides is 1. The molecule has 2 heterocycles. The molecule has 0 spiro atoms. The van der Waals surface area contributed by atoms with Gasteiger partial charge in [0.05, 0.1) is 27.7 Å². The summed E-state index contributed by atoms with van der Waals surface area (Å²) in [5.74, 6) is 0.440. The number of piperidine rings is 1. The Bertz CT molecular complexity index is 1430. The summed E-state index contributed by atoms with van der Waals surface area (Å²) in [6.07, 6.45) is -8.61. The van der Waals surface area contributed by atoms with E-state index in [1.54, 1.807) is 18.2 Å². The molecule has 44 heavy (non-hydrogen) atoms. The molecule has 5 rings (SSSR count). The van der Waals surface area contributed by atoms with Gasteiger partial charge >= 0.3 is 18.4 Å². The topological polar surface area (TPSA) is 32.8 Å². The molecule has 2 fully saturated rings. The number of hydrogen-bond acceptors (Lipinski definition) is 3. The normalized spacial score (nSPS) is 20.0. The minimum atomic E-state index is -5.00. The van der Waals surface area contributed by atoms with Crippen molar-refractivity contribution in [3.63, 3.8) is 0 Å². The fraction of sp³-hybridized carbons (Fsp3) is 0.387.